The Balaban J connectivity index is 1.12. The molecule has 13 rings (SSSR count). The Bertz CT molecular complexity index is 4050. The van der Waals surface area contributed by atoms with Gasteiger partial charge in [0.1, 0.15) is 12.1 Å². The number of para-hydroxylation sites is 3. The van der Waals surface area contributed by atoms with E-state index in [4.69, 9.17) is 0 Å². The summed E-state index contributed by atoms with van der Waals surface area (Å²) in [5.74, 6) is 0. The summed E-state index contributed by atoms with van der Waals surface area (Å²) in [5, 5.41) is 33.7. The lowest BCUT2D eigenvalue weighted by Crippen LogP contribution is -2.04. The van der Waals surface area contributed by atoms with E-state index in [1.807, 2.05) is 18.2 Å². The zero-order chi connectivity index (χ0) is 39.6. The van der Waals surface area contributed by atoms with E-state index in [1.54, 1.807) is 11.3 Å². The number of fused-ring (bicyclic) bond motifs is 15. The number of hydrogen-bond acceptors (Lipinski definition) is 3. The zero-order valence-electron chi connectivity index (χ0n) is 31.9. The minimum absolute atomic E-state index is 0.483. The van der Waals surface area contributed by atoms with Gasteiger partial charge in [0, 0.05) is 53.5 Å². The molecule has 60 heavy (non-hydrogen) atoms. The molecule has 0 bridgehead atoms. The molecule has 0 saturated heterocycles. The number of hydrogen-bond donors (Lipinski definition) is 0. The summed E-state index contributed by atoms with van der Waals surface area (Å²) >= 11 is 1.77. The smallest absolute Gasteiger partial charge is 0.101 e. The van der Waals surface area contributed by atoms with Gasteiger partial charge in [0.2, 0.25) is 0 Å². The highest BCUT2D eigenvalue weighted by atomic mass is 32.1. The maximum atomic E-state index is 11.1. The van der Waals surface area contributed by atoms with Gasteiger partial charge in [0.15, 0.2) is 0 Å². The van der Waals surface area contributed by atoms with Crippen LogP contribution in [0.25, 0.3) is 113 Å². The fourth-order valence-electron chi connectivity index (χ4n) is 9.98. The third-order valence-electron chi connectivity index (χ3n) is 12.5. The van der Waals surface area contributed by atoms with Crippen molar-refractivity contribution < 1.29 is 0 Å². The van der Waals surface area contributed by atoms with Crippen LogP contribution in [-0.4, -0.2) is 13.7 Å². The molecule has 0 radical (unpaired) electrons. The van der Waals surface area contributed by atoms with Crippen LogP contribution in [0.5, 0.6) is 0 Å². The number of nitrogens with zero attached hydrogens (tertiary/aromatic N) is 5. The van der Waals surface area contributed by atoms with E-state index in [2.05, 4.69) is 184 Å². The first-order valence-electron chi connectivity index (χ1n) is 20.0. The predicted octanol–water partition coefficient (Wildman–Crippen LogP) is 14.2. The number of thiophene rings is 1. The van der Waals surface area contributed by atoms with E-state index in [9.17, 15) is 10.5 Å². The molecule has 4 aromatic heterocycles. The molecule has 276 valence electrons. The molecule has 9 aromatic carbocycles. The number of benzene rings is 9. The topological polar surface area (TPSA) is 62.4 Å². The lowest BCUT2D eigenvalue weighted by molar-refractivity contribution is 1.12. The van der Waals surface area contributed by atoms with Crippen molar-refractivity contribution in [3.05, 3.63) is 187 Å². The van der Waals surface area contributed by atoms with Crippen LogP contribution in [-0.2, 0) is 0 Å². The summed E-state index contributed by atoms with van der Waals surface area (Å²) in [6.45, 7) is 0. The summed E-state index contributed by atoms with van der Waals surface area (Å²) < 4.78 is 9.12. The van der Waals surface area contributed by atoms with Gasteiger partial charge in [0.25, 0.3) is 0 Å². The highest BCUT2D eigenvalue weighted by Gasteiger charge is 2.24. The van der Waals surface area contributed by atoms with Gasteiger partial charge in [-0.3, -0.25) is 0 Å². The molecule has 5 nitrogen and oxygen atoms in total. The fourth-order valence-corrected chi connectivity index (χ4v) is 11.2. The largest absolute Gasteiger partial charge is 0.309 e. The van der Waals surface area contributed by atoms with Crippen molar-refractivity contribution >= 4 is 108 Å². The lowest BCUT2D eigenvalue weighted by atomic mass is 10.0. The van der Waals surface area contributed by atoms with Crippen molar-refractivity contribution in [2.24, 2.45) is 0 Å². The summed E-state index contributed by atoms with van der Waals surface area (Å²) in [6.07, 6.45) is 0. The Morgan fingerprint density at radius 3 is 1.62 bits per heavy atom. The van der Waals surface area contributed by atoms with Gasteiger partial charge in [-0.25, -0.2) is 0 Å². The van der Waals surface area contributed by atoms with Crippen LogP contribution < -0.4 is 0 Å². The van der Waals surface area contributed by atoms with Crippen LogP contribution in [0, 0.1) is 22.7 Å². The molecule has 0 aliphatic rings. The highest BCUT2D eigenvalue weighted by Crippen LogP contribution is 2.45. The van der Waals surface area contributed by atoms with Gasteiger partial charge < -0.3 is 13.7 Å². The first-order valence-corrected chi connectivity index (χ1v) is 20.8. The van der Waals surface area contributed by atoms with E-state index in [-0.39, 0.29) is 0 Å². The SMILES string of the molecule is N#Cc1cc(-n2c3ccccc3c3ccc4c5ccccc5sc4c32)c(C#N)cc1-n1c2ccc(-n3c4ccccc4c4ccccc43)cc2c2c3ccccc3ccc21. The van der Waals surface area contributed by atoms with Gasteiger partial charge in [-0.05, 0) is 71.4 Å². The minimum Gasteiger partial charge on any atom is -0.309 e. The molecule has 6 heteroatoms. The van der Waals surface area contributed by atoms with Crippen LogP contribution in [0.1, 0.15) is 11.1 Å². The van der Waals surface area contributed by atoms with Gasteiger partial charge >= 0.3 is 0 Å². The molecular formula is C54H29N5S. The molecule has 0 aliphatic heterocycles. The maximum absolute atomic E-state index is 11.1. The summed E-state index contributed by atoms with van der Waals surface area (Å²) in [4.78, 5) is 0. The van der Waals surface area contributed by atoms with Crippen LogP contribution in [0.2, 0.25) is 0 Å². The molecule has 4 heterocycles. The van der Waals surface area contributed by atoms with E-state index >= 15 is 0 Å². The molecule has 0 saturated carbocycles. The van der Waals surface area contributed by atoms with Crippen LogP contribution in [0.15, 0.2) is 176 Å². The predicted molar refractivity (Wildman–Crippen MR) is 249 cm³/mol. The first-order chi connectivity index (χ1) is 29.7. The van der Waals surface area contributed by atoms with Crippen molar-refractivity contribution in [2.75, 3.05) is 0 Å². The van der Waals surface area contributed by atoms with E-state index in [1.165, 1.54) is 26.2 Å². The maximum Gasteiger partial charge on any atom is 0.101 e. The number of nitriles is 2. The average Bonchev–Trinajstić information content (AvgIpc) is 4.05. The molecule has 0 spiro atoms. The van der Waals surface area contributed by atoms with Gasteiger partial charge in [0.05, 0.1) is 60.3 Å². The lowest BCUT2D eigenvalue weighted by Gasteiger charge is -2.16. The minimum atomic E-state index is 0.483. The molecule has 0 unspecified atom stereocenters. The Labute approximate surface area is 346 Å². The van der Waals surface area contributed by atoms with Gasteiger partial charge in [-0.1, -0.05) is 115 Å². The summed E-state index contributed by atoms with van der Waals surface area (Å²) in [6, 6.07) is 66.9. The molecule has 0 aliphatic carbocycles. The molecular weight excluding hydrogens is 751 g/mol. The highest BCUT2D eigenvalue weighted by molar-refractivity contribution is 7.26. The molecule has 0 atom stereocenters. The van der Waals surface area contributed by atoms with Crippen LogP contribution in [0.3, 0.4) is 0 Å². The summed E-state index contributed by atoms with van der Waals surface area (Å²) in [7, 11) is 0. The molecule has 0 N–H and O–H groups in total. The van der Waals surface area contributed by atoms with Crippen molar-refractivity contribution in [2.45, 2.75) is 0 Å². The fraction of sp³-hybridized carbons (Fsp3) is 0. The standard InChI is InChI=1S/C54H29N5S/c55-30-33-28-50(59-46-19-9-5-15-39(46)41-23-24-42-40-16-6-10-20-51(40)60-54(42)53(41)59)34(31-56)27-49(33)58-47-26-22-35(29-43(47)52-36-12-2-1-11-32(36)21-25-48(52)58)57-44-17-7-3-13-37(44)38-14-4-8-18-45(38)57/h1-29H. The second-order valence-electron chi connectivity index (χ2n) is 15.5. The van der Waals surface area contributed by atoms with Crippen molar-refractivity contribution in [3.63, 3.8) is 0 Å². The monoisotopic (exact) mass is 779 g/mol. The molecule has 0 fully saturated rings. The third-order valence-corrected chi connectivity index (χ3v) is 13.7. The zero-order valence-corrected chi connectivity index (χ0v) is 32.7. The summed E-state index contributed by atoms with van der Waals surface area (Å²) in [5.41, 5.74) is 9.65. The van der Waals surface area contributed by atoms with E-state index in [0.717, 1.165) is 75.8 Å². The van der Waals surface area contributed by atoms with Crippen LogP contribution in [0.4, 0.5) is 0 Å². The second-order valence-corrected chi connectivity index (χ2v) is 16.5. The number of aromatic nitrogens is 3. The Kier molecular flexibility index (Phi) is 6.67. The quantitative estimate of drug-likeness (QED) is 0.179. The van der Waals surface area contributed by atoms with Crippen molar-refractivity contribution in [1.29, 1.82) is 10.5 Å². The third kappa shape index (κ3) is 4.32. The van der Waals surface area contributed by atoms with E-state index < -0.39 is 0 Å². The van der Waals surface area contributed by atoms with Crippen molar-refractivity contribution in [3.8, 4) is 29.2 Å². The molecule has 0 amide bonds. The Morgan fingerprint density at radius 2 is 0.917 bits per heavy atom. The van der Waals surface area contributed by atoms with Gasteiger partial charge in [-0.2, -0.15) is 10.5 Å². The normalized spacial score (nSPS) is 12.0. The molecule has 13 aromatic rings. The van der Waals surface area contributed by atoms with Crippen molar-refractivity contribution in [1.82, 2.24) is 13.7 Å². The van der Waals surface area contributed by atoms with E-state index in [0.29, 0.717) is 22.5 Å². The van der Waals surface area contributed by atoms with Crippen LogP contribution >= 0.6 is 11.3 Å². The first kappa shape index (κ1) is 32.9. The average molecular weight is 780 g/mol. The number of rotatable bonds is 3. The Morgan fingerprint density at radius 1 is 0.383 bits per heavy atom. The van der Waals surface area contributed by atoms with Gasteiger partial charge in [-0.15, -0.1) is 11.3 Å². The second kappa shape index (κ2) is 12.2. The Hall–Kier alpha value is -8.16.